The molecule has 0 aliphatic carbocycles. The first-order valence-electron chi connectivity index (χ1n) is 5.76. The van der Waals surface area contributed by atoms with Gasteiger partial charge in [-0.2, -0.15) is 0 Å². The van der Waals surface area contributed by atoms with Gasteiger partial charge in [0.2, 0.25) is 6.08 Å². The highest BCUT2D eigenvalue weighted by atomic mass is 16.5. The fourth-order valence-corrected chi connectivity index (χ4v) is 1.82. The lowest BCUT2D eigenvalue weighted by Gasteiger charge is -2.25. The molecular weight excluding hydrogens is 214 g/mol. The van der Waals surface area contributed by atoms with Gasteiger partial charge in [0.15, 0.2) is 0 Å². The molecule has 1 aromatic rings. The molecule has 3 heteroatoms. The van der Waals surface area contributed by atoms with Crippen LogP contribution in [0.15, 0.2) is 23.2 Å². The molecule has 0 heterocycles. The second-order valence-corrected chi connectivity index (χ2v) is 4.68. The van der Waals surface area contributed by atoms with E-state index >= 15 is 0 Å². The van der Waals surface area contributed by atoms with Crippen molar-refractivity contribution in [1.82, 2.24) is 0 Å². The maximum Gasteiger partial charge on any atom is 0.234 e. The van der Waals surface area contributed by atoms with E-state index < -0.39 is 0 Å². The number of hydrogen-bond donors (Lipinski definition) is 0. The first kappa shape index (κ1) is 13.5. The number of methoxy groups -OCH3 is 1. The van der Waals surface area contributed by atoms with Gasteiger partial charge in [0, 0.05) is 11.0 Å². The Labute approximate surface area is 103 Å². The smallest absolute Gasteiger partial charge is 0.234 e. The zero-order chi connectivity index (χ0) is 12.9. The van der Waals surface area contributed by atoms with Crippen molar-refractivity contribution < 1.29 is 9.53 Å². The lowest BCUT2D eigenvalue weighted by Crippen LogP contribution is -2.22. The Bertz CT molecular complexity index is 432. The Hall–Kier alpha value is -1.60. The Morgan fingerprint density at radius 1 is 1.41 bits per heavy atom. The summed E-state index contributed by atoms with van der Waals surface area (Å²) in [6.45, 7) is 6.62. The second-order valence-electron chi connectivity index (χ2n) is 4.68. The molecule has 0 fully saturated rings. The molecule has 1 aromatic carbocycles. The van der Waals surface area contributed by atoms with Gasteiger partial charge in [-0.05, 0) is 18.1 Å². The van der Waals surface area contributed by atoms with Crippen LogP contribution >= 0.6 is 0 Å². The zero-order valence-corrected chi connectivity index (χ0v) is 10.9. The van der Waals surface area contributed by atoms with Gasteiger partial charge >= 0.3 is 0 Å². The largest absolute Gasteiger partial charge is 0.496 e. The van der Waals surface area contributed by atoms with Crippen molar-refractivity contribution >= 4 is 6.08 Å². The predicted molar refractivity (Wildman–Crippen MR) is 68.4 cm³/mol. The highest BCUT2D eigenvalue weighted by Gasteiger charge is 2.24. The molecule has 0 N–H and O–H groups in total. The summed E-state index contributed by atoms with van der Waals surface area (Å²) in [5.74, 6) is 0.841. The molecule has 0 unspecified atom stereocenters. The molecule has 0 atom stereocenters. The number of aliphatic imine (C=N–C) groups is 1. The fourth-order valence-electron chi connectivity index (χ4n) is 1.82. The highest BCUT2D eigenvalue weighted by molar-refractivity contribution is 5.43. The molecule has 0 amide bonds. The molecule has 1 rings (SSSR count). The Morgan fingerprint density at radius 3 is 2.65 bits per heavy atom. The van der Waals surface area contributed by atoms with E-state index in [1.807, 2.05) is 19.9 Å². The molecule has 0 saturated heterocycles. The van der Waals surface area contributed by atoms with Gasteiger partial charge < -0.3 is 4.74 Å². The number of rotatable bonds is 5. The lowest BCUT2D eigenvalue weighted by molar-refractivity contribution is 0.393. The van der Waals surface area contributed by atoms with Crippen molar-refractivity contribution in [3.05, 3.63) is 29.3 Å². The third-order valence-electron chi connectivity index (χ3n) is 2.94. The summed E-state index contributed by atoms with van der Waals surface area (Å²) in [5.41, 5.74) is 2.11. The van der Waals surface area contributed by atoms with Crippen molar-refractivity contribution in [1.29, 1.82) is 0 Å². The molecule has 0 aliphatic rings. The second kappa shape index (κ2) is 5.65. The molecule has 17 heavy (non-hydrogen) atoms. The van der Waals surface area contributed by atoms with E-state index in [1.165, 1.54) is 5.56 Å². The summed E-state index contributed by atoms with van der Waals surface area (Å²) in [6, 6.07) is 6.15. The minimum Gasteiger partial charge on any atom is -0.496 e. The lowest BCUT2D eigenvalue weighted by atomic mass is 9.83. The summed E-state index contributed by atoms with van der Waals surface area (Å²) >= 11 is 0. The van der Waals surface area contributed by atoms with Crippen molar-refractivity contribution in [3.63, 3.8) is 0 Å². The van der Waals surface area contributed by atoms with Gasteiger partial charge in [0.05, 0.1) is 13.7 Å². The van der Waals surface area contributed by atoms with Crippen LogP contribution in [0.5, 0.6) is 5.75 Å². The average Bonchev–Trinajstić information content (AvgIpc) is 2.35. The van der Waals surface area contributed by atoms with Crippen LogP contribution in [0.25, 0.3) is 0 Å². The van der Waals surface area contributed by atoms with Crippen LogP contribution in [0.3, 0.4) is 0 Å². The number of aryl methyl sites for hydroxylation is 1. The maximum absolute atomic E-state index is 10.2. The molecule has 92 valence electrons. The summed E-state index contributed by atoms with van der Waals surface area (Å²) in [6.07, 6.45) is 2.57. The van der Waals surface area contributed by atoms with E-state index in [9.17, 15) is 4.79 Å². The van der Waals surface area contributed by atoms with Gasteiger partial charge in [0.1, 0.15) is 5.75 Å². The summed E-state index contributed by atoms with van der Waals surface area (Å²) in [7, 11) is 1.66. The first-order chi connectivity index (χ1) is 8.05. The Balaban J connectivity index is 3.20. The predicted octanol–water partition coefficient (Wildman–Crippen LogP) is 2.87. The summed E-state index contributed by atoms with van der Waals surface area (Å²) < 4.78 is 5.37. The summed E-state index contributed by atoms with van der Waals surface area (Å²) in [5, 5.41) is 0. The fraction of sp³-hybridized carbons (Fsp3) is 0.500. The number of benzene rings is 1. The molecule has 0 aliphatic heterocycles. The van der Waals surface area contributed by atoms with Crippen molar-refractivity contribution in [2.75, 3.05) is 13.7 Å². The van der Waals surface area contributed by atoms with Crippen LogP contribution < -0.4 is 4.74 Å². The van der Waals surface area contributed by atoms with Crippen molar-refractivity contribution in [3.8, 4) is 5.75 Å². The zero-order valence-electron chi connectivity index (χ0n) is 10.9. The van der Waals surface area contributed by atoms with Crippen molar-refractivity contribution in [2.24, 2.45) is 4.99 Å². The summed E-state index contributed by atoms with van der Waals surface area (Å²) in [4.78, 5) is 13.9. The van der Waals surface area contributed by atoms with Crippen LogP contribution in [0.2, 0.25) is 0 Å². The number of hydrogen-bond acceptors (Lipinski definition) is 3. The minimum absolute atomic E-state index is 0.228. The molecule has 3 nitrogen and oxygen atoms in total. The van der Waals surface area contributed by atoms with Crippen molar-refractivity contribution in [2.45, 2.75) is 32.6 Å². The molecular formula is C14H19NO2. The first-order valence-corrected chi connectivity index (χ1v) is 5.76. The third-order valence-corrected chi connectivity index (χ3v) is 2.94. The number of nitrogens with zero attached hydrogens (tertiary/aromatic N) is 1. The van der Waals surface area contributed by atoms with E-state index in [2.05, 4.69) is 24.0 Å². The van der Waals surface area contributed by atoms with Gasteiger partial charge in [-0.1, -0.05) is 32.9 Å². The molecule has 0 bridgehead atoms. The molecule has 0 radical (unpaired) electrons. The monoisotopic (exact) mass is 233 g/mol. The molecule has 0 saturated carbocycles. The van der Waals surface area contributed by atoms with E-state index in [-0.39, 0.29) is 5.41 Å². The normalized spacial score (nSPS) is 10.8. The van der Waals surface area contributed by atoms with Gasteiger partial charge in [-0.25, -0.2) is 9.79 Å². The van der Waals surface area contributed by atoms with Gasteiger partial charge in [-0.15, -0.1) is 0 Å². The quantitative estimate of drug-likeness (QED) is 0.579. The standard InChI is InChI=1S/C14H19NO2/c1-5-11-6-7-13(17-4)12(8-11)14(2,3)9-15-10-16/h6-8H,5,9H2,1-4H3. The number of ether oxygens (including phenoxy) is 1. The number of carbonyl (C=O) groups excluding carboxylic acids is 1. The van der Waals surface area contributed by atoms with E-state index in [1.54, 1.807) is 13.2 Å². The topological polar surface area (TPSA) is 38.7 Å². The van der Waals surface area contributed by atoms with E-state index in [4.69, 9.17) is 4.74 Å². The Kier molecular flexibility index (Phi) is 4.47. The van der Waals surface area contributed by atoms with Gasteiger partial charge in [-0.3, -0.25) is 0 Å². The maximum atomic E-state index is 10.2. The SMILES string of the molecule is CCc1ccc(OC)c(C(C)(C)CN=C=O)c1. The third kappa shape index (κ3) is 3.18. The van der Waals surface area contributed by atoms with Gasteiger partial charge in [0.25, 0.3) is 0 Å². The molecule has 0 spiro atoms. The van der Waals surface area contributed by atoms with Crippen LogP contribution in [-0.4, -0.2) is 19.7 Å². The van der Waals surface area contributed by atoms with E-state index in [0.29, 0.717) is 6.54 Å². The van der Waals surface area contributed by atoms with Crippen LogP contribution in [0, 0.1) is 0 Å². The van der Waals surface area contributed by atoms with Crippen LogP contribution in [0.1, 0.15) is 31.9 Å². The average molecular weight is 233 g/mol. The molecule has 0 aromatic heterocycles. The number of isocyanates is 1. The van der Waals surface area contributed by atoms with Crippen LogP contribution in [0.4, 0.5) is 0 Å². The highest BCUT2D eigenvalue weighted by Crippen LogP contribution is 2.32. The van der Waals surface area contributed by atoms with E-state index in [0.717, 1.165) is 17.7 Å². The van der Waals surface area contributed by atoms with Crippen LogP contribution in [-0.2, 0) is 16.6 Å². The Morgan fingerprint density at radius 2 is 2.12 bits per heavy atom. The minimum atomic E-state index is -0.228.